The van der Waals surface area contributed by atoms with Crippen LogP contribution in [0, 0.1) is 11.3 Å². The zero-order valence-corrected chi connectivity index (χ0v) is 17.8. The fourth-order valence-corrected chi connectivity index (χ4v) is 4.35. The van der Waals surface area contributed by atoms with Crippen LogP contribution in [-0.4, -0.2) is 48.1 Å². The predicted molar refractivity (Wildman–Crippen MR) is 112 cm³/mol. The van der Waals surface area contributed by atoms with E-state index in [1.54, 1.807) is 68.5 Å². The molecule has 1 aromatic rings. The fraction of sp³-hybridized carbons (Fsp3) is 0.333. The van der Waals surface area contributed by atoms with Crippen LogP contribution in [0.1, 0.15) is 41.0 Å². The number of carbonyl (C=O) groups excluding carboxylic acids is 4. The summed E-state index contributed by atoms with van der Waals surface area (Å²) in [7, 11) is 0. The third kappa shape index (κ3) is 3.23. The van der Waals surface area contributed by atoms with Crippen molar-refractivity contribution in [3.63, 3.8) is 0 Å². The first-order chi connectivity index (χ1) is 15.5. The van der Waals surface area contributed by atoms with Gasteiger partial charge in [0.05, 0.1) is 30.3 Å². The molecular weight excluding hydrogens is 414 g/mol. The molecule has 1 fully saturated rings. The first-order valence-electron chi connectivity index (χ1n) is 10.5. The number of imide groups is 1. The number of fused-ring (bicyclic) bond motifs is 2. The molecule has 1 saturated heterocycles. The maximum atomic E-state index is 13.3. The summed E-state index contributed by atoms with van der Waals surface area (Å²) in [5.41, 5.74) is -1.33. The highest BCUT2D eigenvalue weighted by Gasteiger charge is 2.62. The molecule has 1 aliphatic carbocycles. The third-order valence-electron chi connectivity index (χ3n) is 5.79. The molecule has 1 aromatic carbocycles. The van der Waals surface area contributed by atoms with Gasteiger partial charge in [-0.3, -0.25) is 19.2 Å². The van der Waals surface area contributed by atoms with Gasteiger partial charge in [0.15, 0.2) is 11.6 Å². The molecule has 2 atom stereocenters. The van der Waals surface area contributed by atoms with E-state index in [1.165, 1.54) is 0 Å². The lowest BCUT2D eigenvalue weighted by molar-refractivity contribution is -0.187. The Balaban J connectivity index is 1.83. The van der Waals surface area contributed by atoms with Crippen molar-refractivity contribution in [3.05, 3.63) is 71.5 Å². The summed E-state index contributed by atoms with van der Waals surface area (Å²) in [6, 6.07) is 6.44. The molecule has 2 amide bonds. The third-order valence-corrected chi connectivity index (χ3v) is 5.79. The lowest BCUT2D eigenvalue weighted by Crippen LogP contribution is -2.57. The number of carbonyl (C=O) groups is 4. The molecule has 0 bridgehead atoms. The van der Waals surface area contributed by atoms with Gasteiger partial charge in [0.1, 0.15) is 5.76 Å². The summed E-state index contributed by atoms with van der Waals surface area (Å²) in [5.74, 6) is -3.21. The predicted octanol–water partition coefficient (Wildman–Crippen LogP) is 2.77. The molecule has 3 aliphatic rings. The van der Waals surface area contributed by atoms with Gasteiger partial charge in [-0.15, -0.1) is 0 Å². The molecule has 0 saturated carbocycles. The minimum absolute atomic E-state index is 0.0479. The van der Waals surface area contributed by atoms with Gasteiger partial charge in [-0.25, -0.2) is 4.90 Å². The van der Waals surface area contributed by atoms with Crippen LogP contribution >= 0.6 is 0 Å². The Kier molecular flexibility index (Phi) is 5.69. The second-order valence-electron chi connectivity index (χ2n) is 7.53. The summed E-state index contributed by atoms with van der Waals surface area (Å²) < 4.78 is 16.7. The average molecular weight is 437 g/mol. The van der Waals surface area contributed by atoms with E-state index in [9.17, 15) is 19.2 Å². The molecule has 4 rings (SSSR count). The minimum Gasteiger partial charge on any atom is -0.474 e. The standard InChI is InChI=1S/C24H23NO7/c1-3-30-22(28)24(23(29)31-4-2)14-19(32-18-13-7-5-6-12-17(18)24)25-20(26)15-10-8-9-11-16(15)21(25)27/h5-13,17,19H,3-4,14H2,1-2H3/t17-,19+/m0/s1. The van der Waals surface area contributed by atoms with Crippen molar-refractivity contribution in [1.82, 2.24) is 4.90 Å². The summed E-state index contributed by atoms with van der Waals surface area (Å²) in [6.45, 7) is 3.37. The Labute approximate surface area is 185 Å². The number of ether oxygens (including phenoxy) is 3. The number of allylic oxidation sites excluding steroid dienone is 5. The second-order valence-corrected chi connectivity index (χ2v) is 7.53. The highest BCUT2D eigenvalue weighted by molar-refractivity contribution is 6.21. The van der Waals surface area contributed by atoms with Crippen LogP contribution in [0.4, 0.5) is 0 Å². The molecule has 2 heterocycles. The first-order valence-corrected chi connectivity index (χ1v) is 10.5. The summed E-state index contributed by atoms with van der Waals surface area (Å²) in [4.78, 5) is 53.7. The van der Waals surface area contributed by atoms with E-state index in [1.807, 2.05) is 0 Å². The number of hydrogen-bond acceptors (Lipinski definition) is 7. The van der Waals surface area contributed by atoms with E-state index in [2.05, 4.69) is 0 Å². The molecule has 32 heavy (non-hydrogen) atoms. The molecule has 0 unspecified atom stereocenters. The summed E-state index contributed by atoms with van der Waals surface area (Å²) >= 11 is 0. The number of esters is 2. The number of rotatable bonds is 5. The maximum absolute atomic E-state index is 13.3. The van der Waals surface area contributed by atoms with E-state index in [0.29, 0.717) is 0 Å². The first kappa shape index (κ1) is 21.5. The van der Waals surface area contributed by atoms with Gasteiger partial charge in [-0.1, -0.05) is 36.4 Å². The van der Waals surface area contributed by atoms with E-state index in [4.69, 9.17) is 14.2 Å². The van der Waals surface area contributed by atoms with E-state index >= 15 is 0 Å². The van der Waals surface area contributed by atoms with Crippen LogP contribution in [0.25, 0.3) is 0 Å². The second kappa shape index (κ2) is 8.45. The summed E-state index contributed by atoms with van der Waals surface area (Å²) in [5, 5.41) is 0. The minimum atomic E-state index is -1.82. The van der Waals surface area contributed by atoms with Gasteiger partial charge in [0.2, 0.25) is 0 Å². The number of nitrogens with zero attached hydrogens (tertiary/aromatic N) is 1. The molecule has 0 N–H and O–H groups in total. The molecule has 0 spiro atoms. The van der Waals surface area contributed by atoms with E-state index in [-0.39, 0.29) is 36.5 Å². The lowest BCUT2D eigenvalue weighted by Gasteiger charge is -2.44. The summed E-state index contributed by atoms with van der Waals surface area (Å²) in [6.07, 6.45) is 6.92. The van der Waals surface area contributed by atoms with Gasteiger partial charge in [-0.05, 0) is 32.1 Å². The van der Waals surface area contributed by atoms with Gasteiger partial charge in [0, 0.05) is 6.42 Å². The van der Waals surface area contributed by atoms with Crippen LogP contribution < -0.4 is 0 Å². The van der Waals surface area contributed by atoms with Crippen LogP contribution in [0.15, 0.2) is 60.4 Å². The van der Waals surface area contributed by atoms with Crippen LogP contribution in [-0.2, 0) is 23.8 Å². The Morgan fingerprint density at radius 2 is 1.59 bits per heavy atom. The van der Waals surface area contributed by atoms with Crippen molar-refractivity contribution in [2.24, 2.45) is 11.3 Å². The van der Waals surface area contributed by atoms with Crippen LogP contribution in [0.5, 0.6) is 0 Å². The van der Waals surface area contributed by atoms with Gasteiger partial charge >= 0.3 is 11.9 Å². The Morgan fingerprint density at radius 1 is 1.00 bits per heavy atom. The maximum Gasteiger partial charge on any atom is 0.324 e. The molecular formula is C24H23NO7. The average Bonchev–Trinajstić information content (AvgIpc) is 2.93. The van der Waals surface area contributed by atoms with Gasteiger partial charge < -0.3 is 14.2 Å². The Morgan fingerprint density at radius 3 is 2.16 bits per heavy atom. The number of hydrogen-bond donors (Lipinski definition) is 0. The van der Waals surface area contributed by atoms with Crippen molar-refractivity contribution in [3.8, 4) is 0 Å². The van der Waals surface area contributed by atoms with Crippen LogP contribution in [0.2, 0.25) is 0 Å². The van der Waals surface area contributed by atoms with Crippen molar-refractivity contribution in [2.75, 3.05) is 13.2 Å². The van der Waals surface area contributed by atoms with Crippen molar-refractivity contribution in [1.29, 1.82) is 0 Å². The van der Waals surface area contributed by atoms with Crippen LogP contribution in [0.3, 0.4) is 0 Å². The van der Waals surface area contributed by atoms with E-state index < -0.39 is 41.3 Å². The smallest absolute Gasteiger partial charge is 0.324 e. The van der Waals surface area contributed by atoms with Crippen molar-refractivity contribution in [2.45, 2.75) is 26.5 Å². The Hall–Kier alpha value is -3.68. The zero-order chi connectivity index (χ0) is 22.9. The molecule has 0 radical (unpaired) electrons. The SMILES string of the molecule is CCOC(=O)C1(C(=O)OCC)C[C@H](N2C(=O)c3ccccc3C2=O)OC2=CC=CC=C[C@@H]21. The highest BCUT2D eigenvalue weighted by Crippen LogP contribution is 2.48. The largest absolute Gasteiger partial charge is 0.474 e. The molecule has 166 valence electrons. The fourth-order valence-electron chi connectivity index (χ4n) is 4.35. The number of amides is 2. The van der Waals surface area contributed by atoms with Gasteiger partial charge in [-0.2, -0.15) is 0 Å². The quantitative estimate of drug-likeness (QED) is 0.397. The monoisotopic (exact) mass is 437 g/mol. The molecule has 2 aliphatic heterocycles. The zero-order valence-electron chi connectivity index (χ0n) is 17.8. The Bertz CT molecular complexity index is 1010. The molecule has 8 nitrogen and oxygen atoms in total. The molecule has 0 aromatic heterocycles. The van der Waals surface area contributed by atoms with Gasteiger partial charge in [0.25, 0.3) is 11.8 Å². The number of benzene rings is 1. The highest BCUT2D eigenvalue weighted by atomic mass is 16.6. The van der Waals surface area contributed by atoms with Crippen molar-refractivity contribution >= 4 is 23.8 Å². The van der Waals surface area contributed by atoms with Crippen molar-refractivity contribution < 1.29 is 33.4 Å². The molecule has 8 heteroatoms. The van der Waals surface area contributed by atoms with E-state index in [0.717, 1.165) is 4.90 Å². The normalized spacial score (nSPS) is 22.9. The topological polar surface area (TPSA) is 99.2 Å². The lowest BCUT2D eigenvalue weighted by atomic mass is 9.69.